The minimum atomic E-state index is 0.169. The summed E-state index contributed by atoms with van der Waals surface area (Å²) in [5, 5.41) is 3.27. The van der Waals surface area contributed by atoms with Crippen molar-refractivity contribution in [2.75, 3.05) is 18.2 Å². The summed E-state index contributed by atoms with van der Waals surface area (Å²) in [4.78, 5) is 0. The monoisotopic (exact) mass is 272 g/mol. The first-order valence-electron chi connectivity index (χ1n) is 6.56. The van der Waals surface area contributed by atoms with Gasteiger partial charge in [0.2, 0.25) is 0 Å². The van der Waals surface area contributed by atoms with E-state index in [0.717, 1.165) is 17.1 Å². The fourth-order valence-corrected chi connectivity index (χ4v) is 1.88. The van der Waals surface area contributed by atoms with Gasteiger partial charge in [0.25, 0.3) is 0 Å². The Hall–Kier alpha value is -2.36. The van der Waals surface area contributed by atoms with Crippen molar-refractivity contribution >= 4 is 17.1 Å². The second-order valence-corrected chi connectivity index (χ2v) is 4.74. The van der Waals surface area contributed by atoms with Crippen molar-refractivity contribution in [1.29, 1.82) is 0 Å². The molecule has 0 amide bonds. The molecule has 4 heteroatoms. The predicted octanol–water partition coefficient (Wildman–Crippen LogP) is 3.81. The molecule has 0 atom stereocenters. The first-order valence-corrected chi connectivity index (χ1v) is 6.56. The third kappa shape index (κ3) is 3.35. The highest BCUT2D eigenvalue weighted by Crippen LogP contribution is 2.31. The maximum absolute atomic E-state index is 6.03. The van der Waals surface area contributed by atoms with Crippen molar-refractivity contribution in [3.63, 3.8) is 0 Å². The summed E-state index contributed by atoms with van der Waals surface area (Å²) in [6.45, 7) is 4.01. The molecule has 0 bridgehead atoms. The van der Waals surface area contributed by atoms with Crippen LogP contribution in [0.25, 0.3) is 0 Å². The number of para-hydroxylation sites is 1. The third-order valence-electron chi connectivity index (χ3n) is 2.79. The highest BCUT2D eigenvalue weighted by Gasteiger charge is 2.05. The summed E-state index contributed by atoms with van der Waals surface area (Å²) in [6, 6.07) is 13.4. The van der Waals surface area contributed by atoms with Gasteiger partial charge < -0.3 is 20.5 Å². The summed E-state index contributed by atoms with van der Waals surface area (Å²) in [6.07, 6.45) is 0.169. The summed E-state index contributed by atoms with van der Waals surface area (Å²) in [7, 11) is 1.60. The van der Waals surface area contributed by atoms with Crippen molar-refractivity contribution in [3.05, 3.63) is 42.5 Å². The van der Waals surface area contributed by atoms with Gasteiger partial charge in [0, 0.05) is 5.69 Å². The van der Waals surface area contributed by atoms with E-state index in [1.54, 1.807) is 7.11 Å². The zero-order valence-corrected chi connectivity index (χ0v) is 12.0. The highest BCUT2D eigenvalue weighted by molar-refractivity contribution is 5.77. The van der Waals surface area contributed by atoms with Gasteiger partial charge in [-0.3, -0.25) is 0 Å². The Morgan fingerprint density at radius 1 is 1.05 bits per heavy atom. The van der Waals surface area contributed by atoms with E-state index >= 15 is 0 Å². The van der Waals surface area contributed by atoms with Crippen molar-refractivity contribution in [2.24, 2.45) is 0 Å². The van der Waals surface area contributed by atoms with Gasteiger partial charge in [0.05, 0.1) is 24.6 Å². The van der Waals surface area contributed by atoms with Crippen molar-refractivity contribution in [1.82, 2.24) is 0 Å². The summed E-state index contributed by atoms with van der Waals surface area (Å²) >= 11 is 0. The molecule has 0 saturated carbocycles. The fourth-order valence-electron chi connectivity index (χ4n) is 1.88. The number of nitrogens with one attached hydrogen (secondary N) is 1. The average molecular weight is 272 g/mol. The highest BCUT2D eigenvalue weighted by atomic mass is 16.5. The molecule has 2 aromatic rings. The molecule has 0 aliphatic carbocycles. The van der Waals surface area contributed by atoms with Gasteiger partial charge in [-0.1, -0.05) is 6.07 Å². The van der Waals surface area contributed by atoms with E-state index in [9.17, 15) is 0 Å². The second kappa shape index (κ2) is 6.19. The van der Waals surface area contributed by atoms with Crippen LogP contribution in [-0.2, 0) is 0 Å². The molecule has 0 aliphatic rings. The lowest BCUT2D eigenvalue weighted by Crippen LogP contribution is -2.05. The van der Waals surface area contributed by atoms with E-state index in [1.165, 1.54) is 0 Å². The van der Waals surface area contributed by atoms with Gasteiger partial charge >= 0.3 is 0 Å². The predicted molar refractivity (Wildman–Crippen MR) is 82.9 cm³/mol. The average Bonchev–Trinajstić information content (AvgIpc) is 2.43. The van der Waals surface area contributed by atoms with Crippen LogP contribution in [0, 0.1) is 0 Å². The molecule has 0 radical (unpaired) electrons. The molecule has 0 unspecified atom stereocenters. The Labute approximate surface area is 119 Å². The molecule has 0 fully saturated rings. The molecule has 0 aliphatic heterocycles. The molecule has 20 heavy (non-hydrogen) atoms. The summed E-state index contributed by atoms with van der Waals surface area (Å²) < 4.78 is 10.8. The Morgan fingerprint density at radius 3 is 2.35 bits per heavy atom. The van der Waals surface area contributed by atoms with Crippen LogP contribution in [0.1, 0.15) is 13.8 Å². The lowest BCUT2D eigenvalue weighted by atomic mass is 10.2. The van der Waals surface area contributed by atoms with Crippen LogP contribution < -0.4 is 20.5 Å². The Balaban J connectivity index is 2.14. The van der Waals surface area contributed by atoms with Crippen LogP contribution >= 0.6 is 0 Å². The topological polar surface area (TPSA) is 56.5 Å². The van der Waals surface area contributed by atoms with E-state index < -0.39 is 0 Å². The largest absolute Gasteiger partial charge is 0.495 e. The first-order chi connectivity index (χ1) is 9.60. The van der Waals surface area contributed by atoms with Crippen molar-refractivity contribution < 1.29 is 9.47 Å². The van der Waals surface area contributed by atoms with Crippen LogP contribution in [0.5, 0.6) is 11.5 Å². The van der Waals surface area contributed by atoms with Gasteiger partial charge in [-0.05, 0) is 50.2 Å². The minimum absolute atomic E-state index is 0.169. The minimum Gasteiger partial charge on any atom is -0.495 e. The zero-order chi connectivity index (χ0) is 14.5. The normalized spacial score (nSPS) is 10.4. The van der Waals surface area contributed by atoms with Gasteiger partial charge in [-0.25, -0.2) is 0 Å². The number of anilines is 3. The first kappa shape index (κ1) is 14.1. The Morgan fingerprint density at radius 2 is 1.75 bits per heavy atom. The number of ether oxygens (including phenoxy) is 2. The number of benzene rings is 2. The number of hydrogen-bond acceptors (Lipinski definition) is 4. The van der Waals surface area contributed by atoms with E-state index in [-0.39, 0.29) is 6.10 Å². The molecule has 0 spiro atoms. The van der Waals surface area contributed by atoms with Crippen LogP contribution in [-0.4, -0.2) is 13.2 Å². The summed E-state index contributed by atoms with van der Waals surface area (Å²) in [5.41, 5.74) is 8.39. The van der Waals surface area contributed by atoms with Crippen LogP contribution in [0.3, 0.4) is 0 Å². The van der Waals surface area contributed by atoms with Gasteiger partial charge in [-0.15, -0.1) is 0 Å². The molecule has 2 rings (SSSR count). The number of hydrogen-bond donors (Lipinski definition) is 2. The number of nitrogen functional groups attached to an aromatic ring is 1. The third-order valence-corrected chi connectivity index (χ3v) is 2.79. The molecule has 2 aromatic carbocycles. The SMILES string of the molecule is COc1cccc(Nc2ccc(OC(C)C)cc2)c1N. The standard InChI is InChI=1S/C16H20N2O2/c1-11(2)20-13-9-7-12(8-10-13)18-14-5-4-6-15(19-3)16(14)17/h4-11,18H,17H2,1-3H3. The Bertz CT molecular complexity index is 565. The lowest BCUT2D eigenvalue weighted by Gasteiger charge is -2.13. The molecular weight excluding hydrogens is 252 g/mol. The van der Waals surface area contributed by atoms with E-state index in [0.29, 0.717) is 11.4 Å². The molecule has 4 nitrogen and oxygen atoms in total. The van der Waals surface area contributed by atoms with Crippen LogP contribution in [0.15, 0.2) is 42.5 Å². The molecule has 0 aromatic heterocycles. The van der Waals surface area contributed by atoms with Crippen LogP contribution in [0.4, 0.5) is 17.1 Å². The quantitative estimate of drug-likeness (QED) is 0.813. The maximum Gasteiger partial charge on any atom is 0.143 e. The molecule has 0 saturated heterocycles. The van der Waals surface area contributed by atoms with Crippen molar-refractivity contribution in [2.45, 2.75) is 20.0 Å². The zero-order valence-electron chi connectivity index (χ0n) is 12.0. The molecule has 3 N–H and O–H groups in total. The number of nitrogens with two attached hydrogens (primary N) is 1. The number of methoxy groups -OCH3 is 1. The van der Waals surface area contributed by atoms with E-state index in [1.807, 2.05) is 56.3 Å². The smallest absolute Gasteiger partial charge is 0.143 e. The second-order valence-electron chi connectivity index (χ2n) is 4.74. The summed E-state index contributed by atoms with van der Waals surface area (Å²) in [5.74, 6) is 1.51. The fraction of sp³-hybridized carbons (Fsp3) is 0.250. The van der Waals surface area contributed by atoms with E-state index in [4.69, 9.17) is 15.2 Å². The lowest BCUT2D eigenvalue weighted by molar-refractivity contribution is 0.242. The van der Waals surface area contributed by atoms with Crippen molar-refractivity contribution in [3.8, 4) is 11.5 Å². The molecular formula is C16H20N2O2. The Kier molecular flexibility index (Phi) is 4.35. The van der Waals surface area contributed by atoms with Gasteiger partial charge in [0.15, 0.2) is 0 Å². The molecule has 0 heterocycles. The van der Waals surface area contributed by atoms with Gasteiger partial charge in [0.1, 0.15) is 11.5 Å². The van der Waals surface area contributed by atoms with Crippen LogP contribution in [0.2, 0.25) is 0 Å². The molecule has 106 valence electrons. The van der Waals surface area contributed by atoms with Gasteiger partial charge in [-0.2, -0.15) is 0 Å². The maximum atomic E-state index is 6.03. The van der Waals surface area contributed by atoms with E-state index in [2.05, 4.69) is 5.32 Å². The number of rotatable bonds is 5.